The summed E-state index contributed by atoms with van der Waals surface area (Å²) in [7, 11) is 0. The molecule has 0 aromatic carbocycles. The van der Waals surface area contributed by atoms with E-state index >= 15 is 0 Å². The first kappa shape index (κ1) is 10.4. The van der Waals surface area contributed by atoms with Crippen LogP contribution in [-0.4, -0.2) is 15.2 Å². The SMILES string of the molecule is NNC(c1cccnc1N)c1cn[nH]c1N. The van der Waals surface area contributed by atoms with Gasteiger partial charge < -0.3 is 11.5 Å². The molecule has 84 valence electrons. The molecule has 0 saturated carbocycles. The number of rotatable bonds is 3. The van der Waals surface area contributed by atoms with Crippen LogP contribution in [0.1, 0.15) is 17.2 Å². The van der Waals surface area contributed by atoms with Crippen LogP contribution in [-0.2, 0) is 0 Å². The molecule has 2 aromatic heterocycles. The number of aromatic amines is 1. The van der Waals surface area contributed by atoms with E-state index in [9.17, 15) is 0 Å². The van der Waals surface area contributed by atoms with Crippen LogP contribution in [0, 0.1) is 0 Å². The fourth-order valence-electron chi connectivity index (χ4n) is 1.56. The molecule has 0 radical (unpaired) electrons. The third kappa shape index (κ3) is 1.69. The highest BCUT2D eigenvalue weighted by Crippen LogP contribution is 2.26. The van der Waals surface area contributed by atoms with Crippen molar-refractivity contribution in [1.29, 1.82) is 0 Å². The van der Waals surface area contributed by atoms with Crippen LogP contribution in [0.4, 0.5) is 11.6 Å². The second-order valence-corrected chi connectivity index (χ2v) is 3.32. The van der Waals surface area contributed by atoms with Crippen molar-refractivity contribution in [3.8, 4) is 0 Å². The number of anilines is 2. The molecule has 0 aliphatic carbocycles. The number of aromatic nitrogens is 3. The minimum atomic E-state index is -0.326. The summed E-state index contributed by atoms with van der Waals surface area (Å²) in [6.45, 7) is 0. The number of H-pyrrole nitrogens is 1. The Morgan fingerprint density at radius 2 is 2.12 bits per heavy atom. The van der Waals surface area contributed by atoms with Crippen molar-refractivity contribution in [2.24, 2.45) is 5.84 Å². The Morgan fingerprint density at radius 3 is 2.69 bits per heavy atom. The van der Waals surface area contributed by atoms with E-state index in [1.54, 1.807) is 18.5 Å². The van der Waals surface area contributed by atoms with E-state index in [1.807, 2.05) is 6.07 Å². The molecular formula is C9H13N7. The topological polar surface area (TPSA) is 132 Å². The van der Waals surface area contributed by atoms with Crippen LogP contribution < -0.4 is 22.7 Å². The predicted octanol–water partition coefficient (Wildman–Crippen LogP) is -0.478. The quantitative estimate of drug-likeness (QED) is 0.350. The maximum absolute atomic E-state index is 5.78. The van der Waals surface area contributed by atoms with Crippen LogP contribution in [0.15, 0.2) is 24.5 Å². The molecule has 7 heteroatoms. The first-order valence-corrected chi connectivity index (χ1v) is 4.69. The Morgan fingerprint density at radius 1 is 1.31 bits per heavy atom. The number of nitrogens with zero attached hydrogens (tertiary/aromatic N) is 2. The van der Waals surface area contributed by atoms with Crippen molar-refractivity contribution in [2.45, 2.75) is 6.04 Å². The normalized spacial score (nSPS) is 12.6. The predicted molar refractivity (Wildman–Crippen MR) is 60.8 cm³/mol. The van der Waals surface area contributed by atoms with Gasteiger partial charge in [-0.2, -0.15) is 5.10 Å². The third-order valence-electron chi connectivity index (χ3n) is 2.36. The van der Waals surface area contributed by atoms with Crippen LogP contribution in [0.2, 0.25) is 0 Å². The van der Waals surface area contributed by atoms with E-state index in [-0.39, 0.29) is 6.04 Å². The highest BCUT2D eigenvalue weighted by Gasteiger charge is 2.19. The molecule has 2 aromatic rings. The Labute approximate surface area is 92.0 Å². The Bertz CT molecular complexity index is 478. The Kier molecular flexibility index (Phi) is 2.71. The molecule has 1 unspecified atom stereocenters. The fourth-order valence-corrected chi connectivity index (χ4v) is 1.56. The lowest BCUT2D eigenvalue weighted by Crippen LogP contribution is -2.29. The fraction of sp³-hybridized carbons (Fsp3) is 0.111. The van der Waals surface area contributed by atoms with Gasteiger partial charge in [0.05, 0.1) is 12.2 Å². The summed E-state index contributed by atoms with van der Waals surface area (Å²) in [5.41, 5.74) is 15.6. The summed E-state index contributed by atoms with van der Waals surface area (Å²) < 4.78 is 0. The van der Waals surface area contributed by atoms with E-state index in [0.717, 1.165) is 11.1 Å². The number of hydrogen-bond donors (Lipinski definition) is 5. The lowest BCUT2D eigenvalue weighted by atomic mass is 10.0. The van der Waals surface area contributed by atoms with Crippen molar-refractivity contribution in [3.63, 3.8) is 0 Å². The number of nitrogens with two attached hydrogens (primary N) is 3. The molecule has 2 rings (SSSR count). The van der Waals surface area contributed by atoms with E-state index in [2.05, 4.69) is 20.6 Å². The maximum Gasteiger partial charge on any atom is 0.128 e. The van der Waals surface area contributed by atoms with Gasteiger partial charge in [0, 0.05) is 17.3 Å². The van der Waals surface area contributed by atoms with Gasteiger partial charge in [-0.25, -0.2) is 10.4 Å². The largest absolute Gasteiger partial charge is 0.384 e. The second kappa shape index (κ2) is 4.17. The van der Waals surface area contributed by atoms with Crippen molar-refractivity contribution in [2.75, 3.05) is 11.5 Å². The van der Waals surface area contributed by atoms with Gasteiger partial charge in [0.15, 0.2) is 0 Å². The summed E-state index contributed by atoms with van der Waals surface area (Å²) in [5, 5.41) is 6.48. The molecule has 1 atom stereocenters. The van der Waals surface area contributed by atoms with Gasteiger partial charge in [0.25, 0.3) is 0 Å². The van der Waals surface area contributed by atoms with Gasteiger partial charge in [-0.1, -0.05) is 6.07 Å². The van der Waals surface area contributed by atoms with E-state index < -0.39 is 0 Å². The smallest absolute Gasteiger partial charge is 0.128 e. The molecule has 0 spiro atoms. The van der Waals surface area contributed by atoms with Crippen LogP contribution in [0.5, 0.6) is 0 Å². The molecule has 16 heavy (non-hydrogen) atoms. The molecule has 0 aliphatic heterocycles. The molecule has 8 N–H and O–H groups in total. The van der Waals surface area contributed by atoms with Gasteiger partial charge in [0.2, 0.25) is 0 Å². The summed E-state index contributed by atoms with van der Waals surface area (Å²) in [4.78, 5) is 4.00. The Balaban J connectivity index is 2.45. The third-order valence-corrected chi connectivity index (χ3v) is 2.36. The maximum atomic E-state index is 5.78. The lowest BCUT2D eigenvalue weighted by Gasteiger charge is -2.16. The molecule has 0 amide bonds. The monoisotopic (exact) mass is 219 g/mol. The highest BCUT2D eigenvalue weighted by atomic mass is 15.2. The summed E-state index contributed by atoms with van der Waals surface area (Å²) >= 11 is 0. The molecule has 7 nitrogen and oxygen atoms in total. The number of hydrazine groups is 1. The second-order valence-electron chi connectivity index (χ2n) is 3.32. The molecule has 0 aliphatic rings. The average molecular weight is 219 g/mol. The number of nitrogen functional groups attached to an aromatic ring is 2. The van der Waals surface area contributed by atoms with Gasteiger partial charge in [-0.3, -0.25) is 10.9 Å². The standard InChI is InChI=1S/C9H13N7/c10-8-5(2-1-3-13-8)7(15-12)6-4-14-16-9(6)11/h1-4,7,15H,12H2,(H2,10,13)(H3,11,14,16). The molecule has 0 fully saturated rings. The van der Waals surface area contributed by atoms with E-state index in [4.69, 9.17) is 17.3 Å². The zero-order valence-electron chi connectivity index (χ0n) is 8.51. The summed E-state index contributed by atoms with van der Waals surface area (Å²) in [6.07, 6.45) is 3.22. The van der Waals surface area contributed by atoms with Crippen LogP contribution in [0.25, 0.3) is 0 Å². The minimum Gasteiger partial charge on any atom is -0.384 e. The highest BCUT2D eigenvalue weighted by molar-refractivity contribution is 5.50. The van der Waals surface area contributed by atoms with E-state index in [1.165, 1.54) is 0 Å². The summed E-state index contributed by atoms with van der Waals surface area (Å²) in [5.74, 6) is 6.36. The number of hydrogen-bond acceptors (Lipinski definition) is 6. The molecule has 2 heterocycles. The van der Waals surface area contributed by atoms with Gasteiger partial charge in [-0.15, -0.1) is 0 Å². The zero-order valence-corrected chi connectivity index (χ0v) is 8.51. The van der Waals surface area contributed by atoms with Gasteiger partial charge in [0.1, 0.15) is 11.6 Å². The minimum absolute atomic E-state index is 0.326. The molecule has 0 bridgehead atoms. The van der Waals surface area contributed by atoms with E-state index in [0.29, 0.717) is 11.6 Å². The molecule has 0 saturated heterocycles. The van der Waals surface area contributed by atoms with Crippen LogP contribution in [0.3, 0.4) is 0 Å². The lowest BCUT2D eigenvalue weighted by molar-refractivity contribution is 0.638. The van der Waals surface area contributed by atoms with Crippen molar-refractivity contribution >= 4 is 11.6 Å². The van der Waals surface area contributed by atoms with Gasteiger partial charge >= 0.3 is 0 Å². The van der Waals surface area contributed by atoms with Crippen LogP contribution >= 0.6 is 0 Å². The van der Waals surface area contributed by atoms with Crippen molar-refractivity contribution in [1.82, 2.24) is 20.6 Å². The first-order chi connectivity index (χ1) is 7.74. The zero-order chi connectivity index (χ0) is 11.5. The summed E-state index contributed by atoms with van der Waals surface area (Å²) in [6, 6.07) is 3.29. The average Bonchev–Trinajstić information content (AvgIpc) is 2.69. The first-order valence-electron chi connectivity index (χ1n) is 4.69. The number of nitrogens with one attached hydrogen (secondary N) is 2. The van der Waals surface area contributed by atoms with Gasteiger partial charge in [-0.05, 0) is 6.07 Å². The number of pyridine rings is 1. The Hall–Kier alpha value is -2.12. The van der Waals surface area contributed by atoms with Crippen molar-refractivity contribution in [3.05, 3.63) is 35.7 Å². The molecular weight excluding hydrogens is 206 g/mol. The van der Waals surface area contributed by atoms with Crippen molar-refractivity contribution < 1.29 is 0 Å².